The average molecular weight is 500 g/mol. The van der Waals surface area contributed by atoms with Crippen molar-refractivity contribution in [2.75, 3.05) is 12.4 Å². The summed E-state index contributed by atoms with van der Waals surface area (Å²) in [6.45, 7) is 1.52. The third-order valence-corrected chi connectivity index (χ3v) is 6.10. The first-order chi connectivity index (χ1) is 17.5. The lowest BCUT2D eigenvalue weighted by atomic mass is 10.1. The molecule has 0 fully saturated rings. The van der Waals surface area contributed by atoms with Crippen molar-refractivity contribution in [2.45, 2.75) is 13.5 Å². The molecule has 5 rings (SSSR count). The quantitative estimate of drug-likeness (QED) is 0.312. The second-order valence-electron chi connectivity index (χ2n) is 8.14. The first-order valence-electron chi connectivity index (χ1n) is 11.2. The second kappa shape index (κ2) is 9.81. The summed E-state index contributed by atoms with van der Waals surface area (Å²) in [5, 5.41) is 15.8. The van der Waals surface area contributed by atoms with Crippen LogP contribution in [0.3, 0.4) is 0 Å². The minimum atomic E-state index is -0.421. The Bertz CT molecular complexity index is 1690. The maximum absolute atomic E-state index is 13.7. The van der Waals surface area contributed by atoms with Crippen LogP contribution in [0, 0.1) is 6.92 Å². The highest BCUT2D eigenvalue weighted by molar-refractivity contribution is 6.30. The predicted octanol–water partition coefficient (Wildman–Crippen LogP) is 5.93. The minimum absolute atomic E-state index is 0.0563. The Morgan fingerprint density at radius 2 is 1.92 bits per heavy atom. The molecular formula is C28H22ClN3O4. The van der Waals surface area contributed by atoms with Crippen LogP contribution in [-0.4, -0.2) is 23.1 Å². The number of halogens is 1. The topological polar surface area (TPSA) is 97.0 Å². The van der Waals surface area contributed by atoms with Gasteiger partial charge < -0.3 is 19.6 Å². The van der Waals surface area contributed by atoms with Gasteiger partial charge in [0, 0.05) is 33.2 Å². The molecule has 180 valence electrons. The van der Waals surface area contributed by atoms with E-state index in [0.717, 1.165) is 10.8 Å². The molecule has 2 heterocycles. The fraction of sp³-hybridized carbons (Fsp3) is 0.107. The smallest absolute Gasteiger partial charge is 0.261 e. The molecular weight excluding hydrogens is 478 g/mol. The summed E-state index contributed by atoms with van der Waals surface area (Å²) in [5.74, 6) is 0.0455. The van der Waals surface area contributed by atoms with Crippen molar-refractivity contribution in [3.05, 3.63) is 100 Å². The van der Waals surface area contributed by atoms with Crippen molar-refractivity contribution in [3.8, 4) is 5.75 Å². The van der Waals surface area contributed by atoms with E-state index >= 15 is 0 Å². The van der Waals surface area contributed by atoms with Gasteiger partial charge in [0.25, 0.3) is 5.91 Å². The maximum Gasteiger partial charge on any atom is 0.261 e. The van der Waals surface area contributed by atoms with Gasteiger partial charge in [0.1, 0.15) is 17.0 Å². The molecule has 36 heavy (non-hydrogen) atoms. The summed E-state index contributed by atoms with van der Waals surface area (Å²) in [5.41, 5.74) is 2.83. The number of rotatable bonds is 5. The number of aliphatic hydroxyl groups is 1. The molecule has 0 radical (unpaired) electrons. The third-order valence-electron chi connectivity index (χ3n) is 5.87. The molecule has 7 nitrogen and oxygen atoms in total. The largest absolute Gasteiger partial charge is 0.494 e. The summed E-state index contributed by atoms with van der Waals surface area (Å²) in [6.07, 6.45) is 1.57. The van der Waals surface area contributed by atoms with Crippen LogP contribution in [0.25, 0.3) is 21.7 Å². The molecule has 8 heteroatoms. The molecule has 0 saturated heterocycles. The lowest BCUT2D eigenvalue weighted by molar-refractivity contribution is 0.102. The highest BCUT2D eigenvalue weighted by Crippen LogP contribution is 2.31. The Morgan fingerprint density at radius 1 is 1.11 bits per heavy atom. The number of pyridine rings is 1. The minimum Gasteiger partial charge on any atom is -0.494 e. The number of carbonyl (C=O) groups excluding carboxylic acids is 1. The lowest BCUT2D eigenvalue weighted by Gasteiger charge is -2.12. The zero-order valence-electron chi connectivity index (χ0n) is 19.6. The Balaban J connectivity index is 1.74. The van der Waals surface area contributed by atoms with E-state index in [1.807, 2.05) is 42.5 Å². The molecule has 0 bridgehead atoms. The molecule has 5 aromatic rings. The van der Waals surface area contributed by atoms with Crippen LogP contribution >= 0.6 is 11.6 Å². The van der Waals surface area contributed by atoms with Gasteiger partial charge in [0.2, 0.25) is 5.55 Å². The van der Waals surface area contributed by atoms with Crippen molar-refractivity contribution >= 4 is 50.6 Å². The molecule has 0 spiro atoms. The van der Waals surface area contributed by atoms with Gasteiger partial charge in [-0.25, -0.2) is 4.99 Å². The van der Waals surface area contributed by atoms with Gasteiger partial charge in [0.05, 0.1) is 19.4 Å². The number of aliphatic hydroxyl groups excluding tert-OH is 1. The molecule has 2 aromatic heterocycles. The van der Waals surface area contributed by atoms with Crippen molar-refractivity contribution in [1.29, 1.82) is 0 Å². The molecule has 0 aliphatic rings. The summed E-state index contributed by atoms with van der Waals surface area (Å²) in [4.78, 5) is 22.6. The number of carbonyl (C=O) groups is 1. The number of ether oxygens (including phenoxy) is 1. The number of benzene rings is 3. The van der Waals surface area contributed by atoms with Crippen molar-refractivity contribution in [2.24, 2.45) is 4.99 Å². The highest BCUT2D eigenvalue weighted by atomic mass is 35.5. The monoisotopic (exact) mass is 499 g/mol. The Hall–Kier alpha value is -4.20. The van der Waals surface area contributed by atoms with Crippen molar-refractivity contribution in [3.63, 3.8) is 0 Å². The van der Waals surface area contributed by atoms with Gasteiger partial charge in [0.15, 0.2) is 5.58 Å². The first-order valence-corrected chi connectivity index (χ1v) is 11.6. The summed E-state index contributed by atoms with van der Waals surface area (Å²) < 4.78 is 11.6. The number of methoxy groups -OCH3 is 1. The Labute approximate surface area is 211 Å². The number of nitrogens with one attached hydrogen (secondary N) is 1. The van der Waals surface area contributed by atoms with Crippen LogP contribution in [0.1, 0.15) is 21.6 Å². The molecule has 1 amide bonds. The number of nitrogens with zero attached hydrogens (tertiary/aromatic N) is 2. The van der Waals surface area contributed by atoms with E-state index in [1.165, 1.54) is 7.11 Å². The van der Waals surface area contributed by atoms with Gasteiger partial charge in [-0.15, -0.1) is 0 Å². The summed E-state index contributed by atoms with van der Waals surface area (Å²) in [7, 11) is 1.52. The van der Waals surface area contributed by atoms with Gasteiger partial charge in [-0.05, 0) is 42.6 Å². The molecule has 0 aliphatic carbocycles. The van der Waals surface area contributed by atoms with Gasteiger partial charge in [-0.1, -0.05) is 48.0 Å². The predicted molar refractivity (Wildman–Crippen MR) is 140 cm³/mol. The van der Waals surface area contributed by atoms with Crippen LogP contribution in [0.5, 0.6) is 5.75 Å². The van der Waals surface area contributed by atoms with E-state index in [1.54, 1.807) is 37.4 Å². The molecule has 3 aromatic carbocycles. The van der Waals surface area contributed by atoms with E-state index in [0.29, 0.717) is 44.4 Å². The Kier molecular flexibility index (Phi) is 6.41. The van der Waals surface area contributed by atoms with Crippen LogP contribution in [0.2, 0.25) is 5.02 Å². The number of anilines is 1. The zero-order chi connectivity index (χ0) is 25.2. The lowest BCUT2D eigenvalue weighted by Crippen LogP contribution is -2.22. The van der Waals surface area contributed by atoms with Crippen molar-refractivity contribution in [1.82, 2.24) is 4.98 Å². The SMILES string of the molecule is COc1ccc(Cl)cc1N=c1oc2c(C)ncc(CO)c2cc1C(=O)Nc1cccc2ccccc12. The maximum atomic E-state index is 13.7. The third kappa shape index (κ3) is 4.42. The molecule has 2 N–H and O–H groups in total. The van der Waals surface area contributed by atoms with Crippen LogP contribution in [-0.2, 0) is 6.61 Å². The molecule has 0 saturated carbocycles. The van der Waals surface area contributed by atoms with E-state index in [4.69, 9.17) is 20.8 Å². The number of aromatic nitrogens is 1. The fourth-order valence-corrected chi connectivity index (χ4v) is 4.21. The molecule has 0 unspecified atom stereocenters. The number of hydrogen-bond donors (Lipinski definition) is 2. The van der Waals surface area contributed by atoms with E-state index < -0.39 is 5.91 Å². The summed E-state index contributed by atoms with van der Waals surface area (Å²) >= 11 is 6.20. The number of amides is 1. The number of aryl methyl sites for hydroxylation is 1. The normalized spacial score (nSPS) is 11.7. The van der Waals surface area contributed by atoms with E-state index in [9.17, 15) is 9.90 Å². The van der Waals surface area contributed by atoms with E-state index in [-0.39, 0.29) is 17.7 Å². The molecule has 0 atom stereocenters. The Morgan fingerprint density at radius 3 is 2.72 bits per heavy atom. The fourth-order valence-electron chi connectivity index (χ4n) is 4.04. The van der Waals surface area contributed by atoms with Crippen LogP contribution in [0.4, 0.5) is 11.4 Å². The number of fused-ring (bicyclic) bond motifs is 2. The first kappa shape index (κ1) is 23.5. The van der Waals surface area contributed by atoms with Crippen LogP contribution < -0.4 is 15.6 Å². The standard InChI is InChI=1S/C28H22ClN3O4/c1-16-26-21(18(15-33)14-30-16)13-22(28(36-26)32-24-12-19(29)10-11-25(24)35-2)27(34)31-23-9-5-7-17-6-3-4-8-20(17)23/h3-14,33H,15H2,1-2H3,(H,31,34). The van der Waals surface area contributed by atoms with E-state index in [2.05, 4.69) is 15.3 Å². The number of hydrogen-bond acceptors (Lipinski definition) is 6. The summed E-state index contributed by atoms with van der Waals surface area (Å²) in [6, 6.07) is 20.1. The van der Waals surface area contributed by atoms with Gasteiger partial charge in [-0.2, -0.15) is 0 Å². The second-order valence-corrected chi connectivity index (χ2v) is 8.58. The van der Waals surface area contributed by atoms with Crippen molar-refractivity contribution < 1.29 is 19.1 Å². The van der Waals surface area contributed by atoms with Gasteiger partial charge >= 0.3 is 0 Å². The van der Waals surface area contributed by atoms with Crippen LogP contribution in [0.15, 0.2) is 82.3 Å². The zero-order valence-corrected chi connectivity index (χ0v) is 20.3. The van der Waals surface area contributed by atoms with Gasteiger partial charge in [-0.3, -0.25) is 9.78 Å². The average Bonchev–Trinajstić information content (AvgIpc) is 2.89. The molecule has 0 aliphatic heterocycles. The highest BCUT2D eigenvalue weighted by Gasteiger charge is 2.18.